The SMILES string of the molecule is CCC(C)n1c(C)nc2c1CCN(C)C2. The van der Waals surface area contributed by atoms with Crippen LogP contribution in [0, 0.1) is 6.92 Å². The first-order valence-electron chi connectivity index (χ1n) is 5.88. The number of rotatable bonds is 2. The highest BCUT2D eigenvalue weighted by Crippen LogP contribution is 2.24. The second-order valence-electron chi connectivity index (χ2n) is 4.67. The molecule has 0 bridgehead atoms. The molecule has 1 aromatic heterocycles. The number of aryl methyl sites for hydroxylation is 1. The topological polar surface area (TPSA) is 21.1 Å². The first-order valence-corrected chi connectivity index (χ1v) is 5.88. The van der Waals surface area contributed by atoms with Crippen LogP contribution >= 0.6 is 0 Å². The molecule has 1 atom stereocenters. The Morgan fingerprint density at radius 2 is 2.20 bits per heavy atom. The Bertz CT molecular complexity index is 354. The summed E-state index contributed by atoms with van der Waals surface area (Å²) in [5.41, 5.74) is 2.77. The van der Waals surface area contributed by atoms with Gasteiger partial charge in [0.05, 0.1) is 5.69 Å². The van der Waals surface area contributed by atoms with E-state index in [1.54, 1.807) is 0 Å². The summed E-state index contributed by atoms with van der Waals surface area (Å²) in [6.07, 6.45) is 2.33. The first kappa shape index (κ1) is 10.7. The van der Waals surface area contributed by atoms with E-state index in [9.17, 15) is 0 Å². The molecule has 0 aromatic carbocycles. The molecule has 0 aliphatic carbocycles. The number of fused-ring (bicyclic) bond motifs is 1. The van der Waals surface area contributed by atoms with E-state index in [1.165, 1.54) is 23.6 Å². The number of hydrogen-bond acceptors (Lipinski definition) is 2. The van der Waals surface area contributed by atoms with Gasteiger partial charge in [0, 0.05) is 31.2 Å². The highest BCUT2D eigenvalue weighted by Gasteiger charge is 2.22. The van der Waals surface area contributed by atoms with Crippen molar-refractivity contribution in [1.29, 1.82) is 0 Å². The molecule has 2 rings (SSSR count). The van der Waals surface area contributed by atoms with E-state index in [2.05, 4.69) is 37.3 Å². The lowest BCUT2D eigenvalue weighted by molar-refractivity contribution is 0.302. The van der Waals surface area contributed by atoms with Crippen molar-refractivity contribution in [3.63, 3.8) is 0 Å². The minimum atomic E-state index is 0.588. The average molecular weight is 207 g/mol. The fraction of sp³-hybridized carbons (Fsp3) is 0.750. The number of hydrogen-bond donors (Lipinski definition) is 0. The van der Waals surface area contributed by atoms with Gasteiger partial charge in [-0.2, -0.15) is 0 Å². The molecule has 0 amide bonds. The minimum absolute atomic E-state index is 0.588. The van der Waals surface area contributed by atoms with Crippen LogP contribution in [-0.4, -0.2) is 28.0 Å². The molecule has 84 valence electrons. The first-order chi connectivity index (χ1) is 7.13. The van der Waals surface area contributed by atoms with Crippen LogP contribution in [-0.2, 0) is 13.0 Å². The Balaban J connectivity index is 2.39. The molecule has 0 spiro atoms. The molecule has 1 aromatic rings. The predicted octanol–water partition coefficient (Wildman–Crippen LogP) is 2.15. The van der Waals surface area contributed by atoms with E-state index in [-0.39, 0.29) is 0 Å². The van der Waals surface area contributed by atoms with E-state index in [0.717, 1.165) is 19.5 Å². The van der Waals surface area contributed by atoms with Crippen molar-refractivity contribution < 1.29 is 0 Å². The van der Waals surface area contributed by atoms with Gasteiger partial charge in [-0.05, 0) is 27.3 Å². The normalized spacial score (nSPS) is 18.9. The van der Waals surface area contributed by atoms with Crippen LogP contribution < -0.4 is 0 Å². The Morgan fingerprint density at radius 3 is 2.87 bits per heavy atom. The lowest BCUT2D eigenvalue weighted by Gasteiger charge is -2.24. The molecule has 0 saturated carbocycles. The molecule has 2 heterocycles. The van der Waals surface area contributed by atoms with Crippen molar-refractivity contribution in [2.24, 2.45) is 0 Å². The van der Waals surface area contributed by atoms with Gasteiger partial charge in [-0.15, -0.1) is 0 Å². The third-order valence-electron chi connectivity index (χ3n) is 3.45. The quantitative estimate of drug-likeness (QED) is 0.741. The van der Waals surface area contributed by atoms with E-state index in [1.807, 2.05) is 0 Å². The Hall–Kier alpha value is -0.830. The van der Waals surface area contributed by atoms with Gasteiger partial charge in [-0.1, -0.05) is 6.92 Å². The fourth-order valence-corrected chi connectivity index (χ4v) is 2.44. The van der Waals surface area contributed by atoms with Gasteiger partial charge in [-0.25, -0.2) is 4.98 Å². The molecule has 1 aliphatic rings. The predicted molar refractivity (Wildman–Crippen MR) is 62.0 cm³/mol. The summed E-state index contributed by atoms with van der Waals surface area (Å²) in [5.74, 6) is 1.18. The molecule has 3 heteroatoms. The number of imidazole rings is 1. The zero-order chi connectivity index (χ0) is 11.0. The summed E-state index contributed by atoms with van der Waals surface area (Å²) in [6.45, 7) is 8.83. The maximum atomic E-state index is 4.69. The van der Waals surface area contributed by atoms with Crippen LogP contribution in [0.25, 0.3) is 0 Å². The number of aromatic nitrogens is 2. The lowest BCUT2D eigenvalue weighted by atomic mass is 10.1. The van der Waals surface area contributed by atoms with Gasteiger partial charge in [-0.3, -0.25) is 0 Å². The molecule has 0 saturated heterocycles. The molecule has 1 aliphatic heterocycles. The van der Waals surface area contributed by atoms with Gasteiger partial charge < -0.3 is 9.47 Å². The fourth-order valence-electron chi connectivity index (χ4n) is 2.44. The highest BCUT2D eigenvalue weighted by atomic mass is 15.2. The molecule has 0 fully saturated rings. The molecule has 0 radical (unpaired) electrons. The summed E-state index contributed by atoms with van der Waals surface area (Å²) in [4.78, 5) is 7.03. The molecule has 15 heavy (non-hydrogen) atoms. The van der Waals surface area contributed by atoms with Crippen LogP contribution in [0.15, 0.2) is 0 Å². The summed E-state index contributed by atoms with van der Waals surface area (Å²) in [7, 11) is 2.17. The zero-order valence-electron chi connectivity index (χ0n) is 10.2. The monoisotopic (exact) mass is 207 g/mol. The summed E-state index contributed by atoms with van der Waals surface area (Å²) in [5, 5.41) is 0. The molecular formula is C12H21N3. The van der Waals surface area contributed by atoms with E-state index < -0.39 is 0 Å². The van der Waals surface area contributed by atoms with Crippen molar-refractivity contribution >= 4 is 0 Å². The van der Waals surface area contributed by atoms with Gasteiger partial charge in [0.1, 0.15) is 5.82 Å². The summed E-state index contributed by atoms with van der Waals surface area (Å²) >= 11 is 0. The average Bonchev–Trinajstić information content (AvgIpc) is 2.52. The van der Waals surface area contributed by atoms with Crippen molar-refractivity contribution in [1.82, 2.24) is 14.5 Å². The second kappa shape index (κ2) is 3.97. The smallest absolute Gasteiger partial charge is 0.106 e. The number of nitrogens with zero attached hydrogens (tertiary/aromatic N) is 3. The van der Waals surface area contributed by atoms with Crippen LogP contribution in [0.1, 0.15) is 43.5 Å². The van der Waals surface area contributed by atoms with E-state index in [4.69, 9.17) is 4.98 Å². The maximum Gasteiger partial charge on any atom is 0.106 e. The maximum absolute atomic E-state index is 4.69. The minimum Gasteiger partial charge on any atom is -0.329 e. The third-order valence-corrected chi connectivity index (χ3v) is 3.45. The molecule has 3 nitrogen and oxygen atoms in total. The second-order valence-corrected chi connectivity index (χ2v) is 4.67. The van der Waals surface area contributed by atoms with Gasteiger partial charge in [0.25, 0.3) is 0 Å². The highest BCUT2D eigenvalue weighted by molar-refractivity contribution is 5.20. The zero-order valence-corrected chi connectivity index (χ0v) is 10.2. The van der Waals surface area contributed by atoms with Crippen LogP contribution in [0.4, 0.5) is 0 Å². The summed E-state index contributed by atoms with van der Waals surface area (Å²) in [6, 6.07) is 0.588. The van der Waals surface area contributed by atoms with Crippen LogP contribution in [0.2, 0.25) is 0 Å². The van der Waals surface area contributed by atoms with Gasteiger partial charge in [0.15, 0.2) is 0 Å². The summed E-state index contributed by atoms with van der Waals surface area (Å²) < 4.78 is 2.43. The standard InChI is InChI=1S/C12H21N3/c1-5-9(2)15-10(3)13-11-8-14(4)7-6-12(11)15/h9H,5-8H2,1-4H3. The largest absolute Gasteiger partial charge is 0.329 e. The molecular weight excluding hydrogens is 186 g/mol. The van der Waals surface area contributed by atoms with Crippen LogP contribution in [0.3, 0.4) is 0 Å². The Morgan fingerprint density at radius 1 is 1.47 bits per heavy atom. The van der Waals surface area contributed by atoms with E-state index in [0.29, 0.717) is 6.04 Å². The Kier molecular flexibility index (Phi) is 2.83. The molecule has 0 N–H and O–H groups in total. The van der Waals surface area contributed by atoms with Crippen molar-refractivity contribution in [3.8, 4) is 0 Å². The van der Waals surface area contributed by atoms with E-state index >= 15 is 0 Å². The lowest BCUT2D eigenvalue weighted by Crippen LogP contribution is -2.28. The Labute approximate surface area is 92.1 Å². The van der Waals surface area contributed by atoms with Crippen molar-refractivity contribution in [3.05, 3.63) is 17.2 Å². The third kappa shape index (κ3) is 1.81. The molecule has 1 unspecified atom stereocenters. The van der Waals surface area contributed by atoms with Crippen molar-refractivity contribution in [2.75, 3.05) is 13.6 Å². The van der Waals surface area contributed by atoms with Gasteiger partial charge in [0.2, 0.25) is 0 Å². The number of likely N-dealkylation sites (N-methyl/N-ethyl adjacent to an activating group) is 1. The van der Waals surface area contributed by atoms with Crippen LogP contribution in [0.5, 0.6) is 0 Å². The van der Waals surface area contributed by atoms with Gasteiger partial charge >= 0.3 is 0 Å². The van der Waals surface area contributed by atoms with Crippen molar-refractivity contribution in [2.45, 2.75) is 46.2 Å².